The van der Waals surface area contributed by atoms with Crippen LogP contribution in [0.5, 0.6) is 0 Å². The molecule has 0 rings (SSSR count). The minimum absolute atomic E-state index is 0.256. The van der Waals surface area contributed by atoms with E-state index in [1.807, 2.05) is 0 Å². The smallest absolute Gasteiger partial charge is 0.150 e. The lowest BCUT2D eigenvalue weighted by Gasteiger charge is -2.20. The molecule has 0 aliphatic carbocycles. The number of nitrogens with one attached hydrogen (secondary N) is 1. The quantitative estimate of drug-likeness (QED) is 0.601. The standard InChI is InChI=1S/C12H28N2O2S/c1-5-17(15,16)11-7-9-13-8-6-10-14(4)12(2)3/h12-13H,5-11H2,1-4H3. The molecule has 0 aromatic heterocycles. The Kier molecular flexibility index (Phi) is 8.82. The lowest BCUT2D eigenvalue weighted by molar-refractivity contribution is 0.269. The summed E-state index contributed by atoms with van der Waals surface area (Å²) in [6.45, 7) is 8.91. The van der Waals surface area contributed by atoms with Crippen LogP contribution >= 0.6 is 0 Å². The lowest BCUT2D eigenvalue weighted by Crippen LogP contribution is -2.30. The first-order chi connectivity index (χ1) is 7.89. The van der Waals surface area contributed by atoms with Gasteiger partial charge in [0.15, 0.2) is 0 Å². The van der Waals surface area contributed by atoms with Gasteiger partial charge in [0.2, 0.25) is 0 Å². The van der Waals surface area contributed by atoms with E-state index in [-0.39, 0.29) is 5.75 Å². The Morgan fingerprint density at radius 3 is 2.29 bits per heavy atom. The summed E-state index contributed by atoms with van der Waals surface area (Å²) in [5, 5.41) is 3.29. The highest BCUT2D eigenvalue weighted by Gasteiger charge is 2.06. The average Bonchev–Trinajstić information content (AvgIpc) is 2.27. The minimum Gasteiger partial charge on any atom is -0.317 e. The topological polar surface area (TPSA) is 49.4 Å². The molecule has 104 valence electrons. The third-order valence-electron chi connectivity index (χ3n) is 2.99. The molecule has 0 spiro atoms. The molecular formula is C12H28N2O2S. The van der Waals surface area contributed by atoms with Crippen LogP contribution in [-0.4, -0.2) is 57.5 Å². The maximum Gasteiger partial charge on any atom is 0.150 e. The lowest BCUT2D eigenvalue weighted by atomic mass is 10.3. The van der Waals surface area contributed by atoms with E-state index >= 15 is 0 Å². The van der Waals surface area contributed by atoms with Gasteiger partial charge in [0, 0.05) is 11.8 Å². The average molecular weight is 264 g/mol. The molecule has 0 bridgehead atoms. The van der Waals surface area contributed by atoms with Crippen molar-refractivity contribution in [2.24, 2.45) is 0 Å². The van der Waals surface area contributed by atoms with Crippen LogP contribution in [0.4, 0.5) is 0 Å². The van der Waals surface area contributed by atoms with Gasteiger partial charge in [0.1, 0.15) is 9.84 Å². The van der Waals surface area contributed by atoms with Crippen LogP contribution in [0, 0.1) is 0 Å². The van der Waals surface area contributed by atoms with E-state index in [1.54, 1.807) is 6.92 Å². The summed E-state index contributed by atoms with van der Waals surface area (Å²) in [6, 6.07) is 0.588. The summed E-state index contributed by atoms with van der Waals surface area (Å²) in [7, 11) is -0.662. The van der Waals surface area contributed by atoms with Gasteiger partial charge in [-0.05, 0) is 53.4 Å². The molecule has 0 aromatic carbocycles. The predicted octanol–water partition coefficient (Wildman–Crippen LogP) is 1.13. The first-order valence-electron chi connectivity index (χ1n) is 6.50. The summed E-state index contributed by atoms with van der Waals surface area (Å²) >= 11 is 0. The summed E-state index contributed by atoms with van der Waals surface area (Å²) < 4.78 is 22.4. The van der Waals surface area contributed by atoms with Crippen LogP contribution in [0.3, 0.4) is 0 Å². The van der Waals surface area contributed by atoms with Gasteiger partial charge < -0.3 is 10.2 Å². The van der Waals surface area contributed by atoms with Crippen LogP contribution in [0.1, 0.15) is 33.6 Å². The van der Waals surface area contributed by atoms with Gasteiger partial charge in [-0.15, -0.1) is 0 Å². The molecule has 4 nitrogen and oxygen atoms in total. The predicted molar refractivity (Wildman–Crippen MR) is 74.2 cm³/mol. The first-order valence-corrected chi connectivity index (χ1v) is 8.32. The van der Waals surface area contributed by atoms with Crippen LogP contribution < -0.4 is 5.32 Å². The van der Waals surface area contributed by atoms with Crippen molar-refractivity contribution in [2.75, 3.05) is 38.2 Å². The third kappa shape index (κ3) is 9.56. The Labute approximate surface area is 107 Å². The van der Waals surface area contributed by atoms with E-state index < -0.39 is 9.84 Å². The minimum atomic E-state index is -2.79. The van der Waals surface area contributed by atoms with E-state index in [0.29, 0.717) is 11.8 Å². The van der Waals surface area contributed by atoms with Crippen molar-refractivity contribution in [2.45, 2.75) is 39.7 Å². The van der Waals surface area contributed by atoms with Gasteiger partial charge in [-0.2, -0.15) is 0 Å². The first kappa shape index (κ1) is 16.9. The number of rotatable bonds is 10. The summed E-state index contributed by atoms with van der Waals surface area (Å²) in [5.74, 6) is 0.564. The SMILES string of the molecule is CCS(=O)(=O)CCCNCCCN(C)C(C)C. The zero-order valence-electron chi connectivity index (χ0n) is 11.7. The number of nitrogens with zero attached hydrogens (tertiary/aromatic N) is 1. The van der Waals surface area contributed by atoms with E-state index in [0.717, 1.165) is 32.5 Å². The van der Waals surface area contributed by atoms with Crippen LogP contribution in [0.2, 0.25) is 0 Å². The Bertz CT molecular complexity index is 276. The zero-order valence-corrected chi connectivity index (χ0v) is 12.5. The molecular weight excluding hydrogens is 236 g/mol. The van der Waals surface area contributed by atoms with Gasteiger partial charge in [0.25, 0.3) is 0 Å². The molecule has 0 aliphatic rings. The van der Waals surface area contributed by atoms with Gasteiger partial charge in [-0.1, -0.05) is 6.92 Å². The van der Waals surface area contributed by atoms with Crippen molar-refractivity contribution in [1.29, 1.82) is 0 Å². The molecule has 0 saturated carbocycles. The van der Waals surface area contributed by atoms with Crippen molar-refractivity contribution in [1.82, 2.24) is 10.2 Å². The molecule has 17 heavy (non-hydrogen) atoms. The fraction of sp³-hybridized carbons (Fsp3) is 1.00. The number of hydrogen-bond acceptors (Lipinski definition) is 4. The fourth-order valence-electron chi connectivity index (χ4n) is 1.40. The van der Waals surface area contributed by atoms with Crippen molar-refractivity contribution < 1.29 is 8.42 Å². The maximum atomic E-state index is 11.2. The second-order valence-electron chi connectivity index (χ2n) is 4.77. The summed E-state index contributed by atoms with van der Waals surface area (Å²) in [4.78, 5) is 2.31. The van der Waals surface area contributed by atoms with Gasteiger partial charge >= 0.3 is 0 Å². The Hall–Kier alpha value is -0.130. The number of hydrogen-bond donors (Lipinski definition) is 1. The van der Waals surface area contributed by atoms with Crippen LogP contribution in [-0.2, 0) is 9.84 Å². The van der Waals surface area contributed by atoms with E-state index in [1.165, 1.54) is 0 Å². The van der Waals surface area contributed by atoms with Crippen molar-refractivity contribution in [3.05, 3.63) is 0 Å². The van der Waals surface area contributed by atoms with Gasteiger partial charge in [0.05, 0.1) is 5.75 Å². The highest BCUT2D eigenvalue weighted by molar-refractivity contribution is 7.91. The second-order valence-corrected chi connectivity index (χ2v) is 7.24. The summed E-state index contributed by atoms with van der Waals surface area (Å²) in [5.41, 5.74) is 0. The Balaban J connectivity index is 3.36. The molecule has 0 unspecified atom stereocenters. The van der Waals surface area contributed by atoms with Crippen LogP contribution in [0.15, 0.2) is 0 Å². The second kappa shape index (κ2) is 8.89. The molecule has 0 saturated heterocycles. The van der Waals surface area contributed by atoms with Crippen molar-refractivity contribution >= 4 is 9.84 Å². The molecule has 0 atom stereocenters. The van der Waals surface area contributed by atoms with Gasteiger partial charge in [-0.3, -0.25) is 0 Å². The van der Waals surface area contributed by atoms with Crippen molar-refractivity contribution in [3.63, 3.8) is 0 Å². The highest BCUT2D eigenvalue weighted by Crippen LogP contribution is 1.95. The molecule has 0 amide bonds. The Morgan fingerprint density at radius 1 is 1.18 bits per heavy atom. The summed E-state index contributed by atoms with van der Waals surface area (Å²) in [6.07, 6.45) is 1.82. The van der Waals surface area contributed by atoms with E-state index in [4.69, 9.17) is 0 Å². The molecule has 5 heteroatoms. The van der Waals surface area contributed by atoms with E-state index in [2.05, 4.69) is 31.1 Å². The highest BCUT2D eigenvalue weighted by atomic mass is 32.2. The van der Waals surface area contributed by atoms with Crippen molar-refractivity contribution in [3.8, 4) is 0 Å². The maximum absolute atomic E-state index is 11.2. The molecule has 1 N–H and O–H groups in total. The largest absolute Gasteiger partial charge is 0.317 e. The zero-order chi connectivity index (χ0) is 13.3. The monoisotopic (exact) mass is 264 g/mol. The fourth-order valence-corrected chi connectivity index (χ4v) is 2.27. The normalized spacial score (nSPS) is 12.6. The van der Waals surface area contributed by atoms with Gasteiger partial charge in [-0.25, -0.2) is 8.42 Å². The van der Waals surface area contributed by atoms with Crippen LogP contribution in [0.25, 0.3) is 0 Å². The molecule has 0 fully saturated rings. The molecule has 0 aliphatic heterocycles. The van der Waals surface area contributed by atoms with E-state index in [9.17, 15) is 8.42 Å². The Morgan fingerprint density at radius 2 is 1.76 bits per heavy atom. The third-order valence-corrected chi connectivity index (χ3v) is 4.78. The number of sulfone groups is 1. The molecule has 0 radical (unpaired) electrons. The molecule has 0 heterocycles. The molecule has 0 aromatic rings.